The van der Waals surface area contributed by atoms with Crippen molar-refractivity contribution in [1.82, 2.24) is 29.9 Å². The maximum Gasteiger partial charge on any atom is 0.323 e. The molecule has 28 heavy (non-hydrogen) atoms. The number of aromatic nitrogens is 5. The first-order chi connectivity index (χ1) is 13.4. The fraction of sp³-hybridized carbons (Fsp3) is 0.294. The van der Waals surface area contributed by atoms with Crippen LogP contribution in [0.3, 0.4) is 0 Å². The van der Waals surface area contributed by atoms with Crippen molar-refractivity contribution in [2.75, 3.05) is 13.7 Å². The number of rotatable bonds is 8. The summed E-state index contributed by atoms with van der Waals surface area (Å²) >= 11 is 0. The van der Waals surface area contributed by atoms with E-state index >= 15 is 0 Å². The summed E-state index contributed by atoms with van der Waals surface area (Å²) in [5, 5.41) is 21.6. The molecular formula is C17H21N6O4S+. The predicted octanol–water partition coefficient (Wildman–Crippen LogP) is 1.01. The van der Waals surface area contributed by atoms with E-state index in [-0.39, 0.29) is 11.4 Å². The van der Waals surface area contributed by atoms with Gasteiger partial charge in [0.1, 0.15) is 12.3 Å². The van der Waals surface area contributed by atoms with E-state index in [4.69, 9.17) is 4.74 Å². The van der Waals surface area contributed by atoms with E-state index in [1.165, 1.54) is 23.9 Å². The van der Waals surface area contributed by atoms with E-state index in [1.807, 2.05) is 6.07 Å². The third-order valence-electron chi connectivity index (χ3n) is 3.80. The van der Waals surface area contributed by atoms with Gasteiger partial charge in [0, 0.05) is 5.56 Å². The van der Waals surface area contributed by atoms with Crippen molar-refractivity contribution < 1.29 is 18.6 Å². The van der Waals surface area contributed by atoms with E-state index in [1.54, 1.807) is 31.5 Å². The summed E-state index contributed by atoms with van der Waals surface area (Å²) in [4.78, 5) is 5.87. The number of hydrogen-bond donors (Lipinski definition) is 3. The summed E-state index contributed by atoms with van der Waals surface area (Å²) in [5.41, 5.74) is 1.41. The van der Waals surface area contributed by atoms with Gasteiger partial charge in [0.25, 0.3) is 0 Å². The second kappa shape index (κ2) is 8.52. The lowest BCUT2D eigenvalue weighted by Gasteiger charge is -2.07. The first kappa shape index (κ1) is 20.0. The zero-order chi connectivity index (χ0) is 20.1. The maximum absolute atomic E-state index is 12.3. The molecule has 1 aromatic carbocycles. The number of methoxy groups -OCH3 is 1. The Morgan fingerprint density at radius 3 is 2.61 bits per heavy atom. The highest BCUT2D eigenvalue weighted by Crippen LogP contribution is 2.20. The lowest BCUT2D eigenvalue weighted by Crippen LogP contribution is -2.35. The summed E-state index contributed by atoms with van der Waals surface area (Å²) in [6.07, 6.45) is 0.885. The van der Waals surface area contributed by atoms with Gasteiger partial charge in [-0.1, -0.05) is 0 Å². The molecule has 0 radical (unpaired) electrons. The Balaban J connectivity index is 1.70. The first-order valence-corrected chi connectivity index (χ1v) is 9.95. The minimum Gasteiger partial charge on any atom is -0.495 e. The number of tetrazole rings is 1. The van der Waals surface area contributed by atoms with Gasteiger partial charge in [-0.25, -0.2) is 0 Å². The molecule has 1 unspecified atom stereocenters. The fourth-order valence-corrected chi connectivity index (χ4v) is 3.44. The van der Waals surface area contributed by atoms with Crippen LogP contribution in [0, 0.1) is 0 Å². The Morgan fingerprint density at radius 2 is 2.00 bits per heavy atom. The molecule has 148 valence electrons. The number of nitrogens with one attached hydrogen (secondary N) is 1. The lowest BCUT2D eigenvalue weighted by molar-refractivity contribution is 0.197. The van der Waals surface area contributed by atoms with Gasteiger partial charge in [-0.05, 0) is 52.7 Å². The van der Waals surface area contributed by atoms with Crippen LogP contribution in [-0.4, -0.2) is 54.6 Å². The third kappa shape index (κ3) is 4.95. The monoisotopic (exact) mass is 405 g/mol. The molecule has 2 aromatic heterocycles. The number of benzene rings is 1. The standard InChI is InChI=1S/C17H20N6O4S/c1-12(24)9-19-28(25,26)16-7-3-13(4-8-16)17-20-22-23(21-17)11-14-5-6-15(27-2)10-18-14/h3-8,10,12,24H,9,11H2,1-2H3,(H-,19,25,26)/p+1/t12-/m1/s1. The molecule has 0 saturated heterocycles. The lowest BCUT2D eigenvalue weighted by atomic mass is 10.2. The summed E-state index contributed by atoms with van der Waals surface area (Å²) in [6.45, 7) is 1.89. The van der Waals surface area contributed by atoms with Crippen LogP contribution in [0.15, 0.2) is 47.5 Å². The van der Waals surface area contributed by atoms with Gasteiger partial charge in [-0.3, -0.25) is 4.98 Å². The quantitative estimate of drug-likeness (QED) is 0.473. The summed E-state index contributed by atoms with van der Waals surface area (Å²) in [5.74, 6) is 1.06. The van der Waals surface area contributed by atoms with Gasteiger partial charge in [0.05, 0.1) is 31.6 Å². The molecule has 3 N–H and O–H groups in total. The Bertz CT molecular complexity index is 959. The summed E-state index contributed by atoms with van der Waals surface area (Å²) in [7, 11) is -1.86. The van der Waals surface area contributed by atoms with Gasteiger partial charge in [0.2, 0.25) is 10.7 Å². The molecule has 3 rings (SSSR count). The van der Waals surface area contributed by atoms with Crippen LogP contribution in [0.1, 0.15) is 12.6 Å². The minimum absolute atomic E-state index is 0.00631. The van der Waals surface area contributed by atoms with Gasteiger partial charge >= 0.3 is 10.4 Å². The van der Waals surface area contributed by atoms with Gasteiger partial charge in [-0.2, -0.15) is 9.35 Å². The number of aliphatic hydroxyl groups is 1. The van der Waals surface area contributed by atoms with E-state index in [9.17, 15) is 13.9 Å². The van der Waals surface area contributed by atoms with Crippen LogP contribution in [0.4, 0.5) is 0 Å². The Labute approximate surface area is 163 Å². The van der Waals surface area contributed by atoms with E-state index < -0.39 is 16.5 Å². The molecule has 0 fully saturated rings. The van der Waals surface area contributed by atoms with E-state index in [0.29, 0.717) is 23.7 Å². The number of aliphatic hydroxyl groups excluding tert-OH is 1. The second-order valence-electron chi connectivity index (χ2n) is 6.08. The van der Waals surface area contributed by atoms with Crippen LogP contribution in [0.2, 0.25) is 0 Å². The molecule has 10 nitrogen and oxygen atoms in total. The van der Waals surface area contributed by atoms with E-state index in [0.717, 1.165) is 5.69 Å². The van der Waals surface area contributed by atoms with Crippen molar-refractivity contribution in [3.05, 3.63) is 48.3 Å². The van der Waals surface area contributed by atoms with Crippen molar-refractivity contribution in [3.63, 3.8) is 0 Å². The van der Waals surface area contributed by atoms with Crippen molar-refractivity contribution in [2.24, 2.45) is 0 Å². The number of nitrogens with zero attached hydrogens (tertiary/aromatic N) is 5. The summed E-state index contributed by atoms with van der Waals surface area (Å²) < 4.78 is 29.8. The Hall–Kier alpha value is -2.73. The van der Waals surface area contributed by atoms with Crippen LogP contribution in [0.5, 0.6) is 5.75 Å². The van der Waals surface area contributed by atoms with Crippen molar-refractivity contribution >= 4 is 10.4 Å². The molecule has 2 atom stereocenters. The van der Waals surface area contributed by atoms with Crippen molar-refractivity contribution in [2.45, 2.75) is 24.5 Å². The summed E-state index contributed by atoms with van der Waals surface area (Å²) in [6, 6.07) is 9.92. The molecular weight excluding hydrogens is 384 g/mol. The molecule has 11 heteroatoms. The SMILES string of the molecule is COc1ccc(Cn2nnc(-c3ccc([S+](=O)(O)NC[C@@H](C)O)cc3)n2)nc1. The molecule has 0 saturated carbocycles. The zero-order valence-electron chi connectivity index (χ0n) is 15.4. The molecule has 0 aliphatic carbocycles. The molecule has 0 aliphatic rings. The predicted molar refractivity (Wildman–Crippen MR) is 102 cm³/mol. The number of ether oxygens (including phenoxy) is 1. The Kier molecular flexibility index (Phi) is 6.09. The van der Waals surface area contributed by atoms with Gasteiger partial charge in [-0.15, -0.1) is 14.9 Å². The van der Waals surface area contributed by atoms with Crippen LogP contribution in [-0.2, 0) is 21.2 Å². The normalized spacial score (nSPS) is 14.4. The number of pyridine rings is 1. The highest BCUT2D eigenvalue weighted by atomic mass is 32.3. The average molecular weight is 405 g/mol. The minimum atomic E-state index is -3.44. The molecule has 0 spiro atoms. The fourth-order valence-electron chi connectivity index (χ4n) is 2.30. The van der Waals surface area contributed by atoms with Gasteiger partial charge in [0.15, 0.2) is 0 Å². The van der Waals surface area contributed by atoms with Crippen molar-refractivity contribution in [1.29, 1.82) is 0 Å². The van der Waals surface area contributed by atoms with E-state index in [2.05, 4.69) is 25.1 Å². The number of hydrogen-bond acceptors (Lipinski definition) is 7. The first-order valence-electron chi connectivity index (χ1n) is 8.44. The third-order valence-corrected chi connectivity index (χ3v) is 5.27. The highest BCUT2D eigenvalue weighted by molar-refractivity contribution is 7.95. The molecule has 0 aliphatic heterocycles. The molecule has 2 heterocycles. The average Bonchev–Trinajstić information content (AvgIpc) is 3.16. The molecule has 0 bridgehead atoms. The zero-order valence-corrected chi connectivity index (χ0v) is 16.2. The van der Waals surface area contributed by atoms with Crippen molar-refractivity contribution in [3.8, 4) is 17.1 Å². The van der Waals surface area contributed by atoms with Gasteiger partial charge < -0.3 is 9.84 Å². The second-order valence-corrected chi connectivity index (χ2v) is 7.89. The molecule has 3 aromatic rings. The van der Waals surface area contributed by atoms with Crippen LogP contribution in [0.25, 0.3) is 11.4 Å². The van der Waals surface area contributed by atoms with Crippen LogP contribution >= 0.6 is 0 Å². The topological polar surface area (TPSA) is 135 Å². The highest BCUT2D eigenvalue weighted by Gasteiger charge is 2.29. The smallest absolute Gasteiger partial charge is 0.323 e. The largest absolute Gasteiger partial charge is 0.495 e. The van der Waals surface area contributed by atoms with Crippen LogP contribution < -0.4 is 9.46 Å². The Morgan fingerprint density at radius 1 is 1.25 bits per heavy atom. The molecule has 0 amide bonds. The maximum atomic E-state index is 12.3.